The molecule has 16 heavy (non-hydrogen) atoms. The Morgan fingerprint density at radius 3 is 2.81 bits per heavy atom. The molecule has 0 saturated heterocycles. The third-order valence-corrected chi connectivity index (χ3v) is 3.58. The lowest BCUT2D eigenvalue weighted by Gasteiger charge is -2.14. The first-order valence-corrected chi connectivity index (χ1v) is 6.24. The summed E-state index contributed by atoms with van der Waals surface area (Å²) in [6.07, 6.45) is 0.537. The van der Waals surface area contributed by atoms with Crippen molar-refractivity contribution in [3.8, 4) is 0 Å². The van der Waals surface area contributed by atoms with E-state index in [0.717, 1.165) is 5.69 Å². The van der Waals surface area contributed by atoms with Gasteiger partial charge in [0.2, 0.25) is 5.91 Å². The second-order valence-electron chi connectivity index (χ2n) is 4.02. The van der Waals surface area contributed by atoms with Gasteiger partial charge in [-0.15, -0.1) is 11.3 Å². The van der Waals surface area contributed by atoms with Crippen molar-refractivity contribution in [2.45, 2.75) is 26.3 Å². The van der Waals surface area contributed by atoms with Gasteiger partial charge in [-0.05, 0) is 13.8 Å². The summed E-state index contributed by atoms with van der Waals surface area (Å²) in [7, 11) is 3.55. The van der Waals surface area contributed by atoms with Crippen LogP contribution in [-0.2, 0) is 4.79 Å². The minimum absolute atomic E-state index is 0.153. The molecule has 1 atom stereocenters. The lowest BCUT2D eigenvalue weighted by Crippen LogP contribution is -2.28. The fraction of sp³-hybridized carbons (Fsp3) is 0.636. The van der Waals surface area contributed by atoms with Gasteiger partial charge in [0.15, 0.2) is 0 Å². The molecule has 1 aromatic rings. The van der Waals surface area contributed by atoms with E-state index in [1.165, 1.54) is 4.88 Å². The largest absolute Gasteiger partial charge is 0.349 e. The molecule has 0 saturated carbocycles. The molecule has 5 heteroatoms. The summed E-state index contributed by atoms with van der Waals surface area (Å²) in [6, 6.07) is 0.266. The lowest BCUT2D eigenvalue weighted by atomic mass is 10.2. The molecule has 1 rings (SSSR count). The fourth-order valence-electron chi connectivity index (χ4n) is 1.44. The Hall–Kier alpha value is -0.940. The number of hydrogen-bond donors (Lipinski definition) is 1. The predicted octanol–water partition coefficient (Wildman–Crippen LogP) is 1.58. The van der Waals surface area contributed by atoms with Crippen LogP contribution in [0.2, 0.25) is 0 Å². The third-order valence-electron chi connectivity index (χ3n) is 2.46. The van der Waals surface area contributed by atoms with Crippen molar-refractivity contribution in [1.82, 2.24) is 15.2 Å². The molecule has 1 heterocycles. The number of amides is 1. The van der Waals surface area contributed by atoms with E-state index in [4.69, 9.17) is 0 Å². The Kier molecular flexibility index (Phi) is 4.89. The van der Waals surface area contributed by atoms with Crippen molar-refractivity contribution in [2.75, 3.05) is 20.6 Å². The van der Waals surface area contributed by atoms with Crippen LogP contribution < -0.4 is 5.32 Å². The van der Waals surface area contributed by atoms with E-state index in [2.05, 4.69) is 17.2 Å². The first-order chi connectivity index (χ1) is 7.52. The number of nitrogens with zero attached hydrogens (tertiary/aromatic N) is 2. The topological polar surface area (TPSA) is 45.2 Å². The zero-order chi connectivity index (χ0) is 12.1. The molecule has 0 aliphatic heterocycles. The van der Waals surface area contributed by atoms with Gasteiger partial charge < -0.3 is 10.2 Å². The van der Waals surface area contributed by atoms with Gasteiger partial charge in [0, 0.05) is 38.0 Å². The zero-order valence-electron chi connectivity index (χ0n) is 10.3. The van der Waals surface area contributed by atoms with Crippen molar-refractivity contribution in [2.24, 2.45) is 0 Å². The van der Waals surface area contributed by atoms with E-state index < -0.39 is 0 Å². The first kappa shape index (κ1) is 13.1. The van der Waals surface area contributed by atoms with Gasteiger partial charge in [0.05, 0.1) is 11.2 Å². The normalized spacial score (nSPS) is 12.5. The van der Waals surface area contributed by atoms with Crippen molar-refractivity contribution >= 4 is 17.2 Å². The molecule has 4 nitrogen and oxygen atoms in total. The molecule has 0 bridgehead atoms. The maximum atomic E-state index is 11.4. The quantitative estimate of drug-likeness (QED) is 0.851. The van der Waals surface area contributed by atoms with Crippen molar-refractivity contribution < 1.29 is 4.79 Å². The van der Waals surface area contributed by atoms with E-state index in [9.17, 15) is 4.79 Å². The highest BCUT2D eigenvalue weighted by molar-refractivity contribution is 7.09. The number of carbonyl (C=O) groups excluding carboxylic acids is 1. The van der Waals surface area contributed by atoms with Crippen LogP contribution in [0.3, 0.4) is 0 Å². The van der Waals surface area contributed by atoms with Crippen molar-refractivity contribution in [3.05, 3.63) is 16.1 Å². The SMILES string of the molecule is Cc1ncsc1C(C)NCCC(=O)N(C)C. The zero-order valence-corrected chi connectivity index (χ0v) is 11.1. The highest BCUT2D eigenvalue weighted by atomic mass is 32.1. The molecule has 0 fully saturated rings. The minimum Gasteiger partial charge on any atom is -0.349 e. The number of hydrogen-bond acceptors (Lipinski definition) is 4. The highest BCUT2D eigenvalue weighted by Crippen LogP contribution is 2.20. The van der Waals surface area contributed by atoms with Gasteiger partial charge in [-0.1, -0.05) is 0 Å². The lowest BCUT2D eigenvalue weighted by molar-refractivity contribution is -0.128. The van der Waals surface area contributed by atoms with E-state index >= 15 is 0 Å². The summed E-state index contributed by atoms with van der Waals surface area (Å²) < 4.78 is 0. The van der Waals surface area contributed by atoms with Crippen LogP contribution in [-0.4, -0.2) is 36.4 Å². The number of thiazole rings is 1. The van der Waals surface area contributed by atoms with Gasteiger partial charge in [0.25, 0.3) is 0 Å². The molecule has 0 aromatic carbocycles. The first-order valence-electron chi connectivity index (χ1n) is 5.36. The summed E-state index contributed by atoms with van der Waals surface area (Å²) >= 11 is 1.65. The molecule has 1 amide bonds. The Morgan fingerprint density at radius 1 is 1.62 bits per heavy atom. The molecular weight excluding hydrogens is 222 g/mol. The van der Waals surface area contributed by atoms with Gasteiger partial charge in [-0.2, -0.15) is 0 Å². The molecule has 0 spiro atoms. The average Bonchev–Trinajstić information content (AvgIpc) is 2.64. The van der Waals surface area contributed by atoms with E-state index in [0.29, 0.717) is 13.0 Å². The van der Waals surface area contributed by atoms with Gasteiger partial charge >= 0.3 is 0 Å². The number of rotatable bonds is 5. The van der Waals surface area contributed by atoms with Crippen LogP contribution in [0, 0.1) is 6.92 Å². The van der Waals surface area contributed by atoms with Crippen molar-refractivity contribution in [3.63, 3.8) is 0 Å². The summed E-state index contributed by atoms with van der Waals surface area (Å²) in [5.41, 5.74) is 2.93. The minimum atomic E-state index is 0.153. The van der Waals surface area contributed by atoms with E-state index in [1.54, 1.807) is 30.3 Å². The number of aromatic nitrogens is 1. The molecule has 0 aliphatic carbocycles. The van der Waals surface area contributed by atoms with Crippen LogP contribution in [0.4, 0.5) is 0 Å². The maximum absolute atomic E-state index is 11.4. The Bertz CT molecular complexity index is 349. The average molecular weight is 241 g/mol. The fourth-order valence-corrected chi connectivity index (χ4v) is 2.27. The van der Waals surface area contributed by atoms with Gasteiger partial charge in [-0.25, -0.2) is 4.98 Å². The molecular formula is C11H19N3OS. The molecule has 1 aromatic heterocycles. The second kappa shape index (κ2) is 5.96. The smallest absolute Gasteiger partial charge is 0.223 e. The molecule has 0 aliphatic rings. The summed E-state index contributed by atoms with van der Waals surface area (Å²) in [5, 5.41) is 3.33. The monoisotopic (exact) mass is 241 g/mol. The van der Waals surface area contributed by atoms with Gasteiger partial charge in [0.1, 0.15) is 0 Å². The summed E-state index contributed by atoms with van der Waals surface area (Å²) in [6.45, 7) is 4.81. The molecule has 1 N–H and O–H groups in total. The number of nitrogens with one attached hydrogen (secondary N) is 1. The van der Waals surface area contributed by atoms with Crippen LogP contribution in [0.25, 0.3) is 0 Å². The third kappa shape index (κ3) is 3.57. The Morgan fingerprint density at radius 2 is 2.31 bits per heavy atom. The molecule has 0 radical (unpaired) electrons. The van der Waals surface area contributed by atoms with Gasteiger partial charge in [-0.3, -0.25) is 4.79 Å². The number of carbonyl (C=O) groups is 1. The highest BCUT2D eigenvalue weighted by Gasteiger charge is 2.11. The van der Waals surface area contributed by atoms with Crippen molar-refractivity contribution in [1.29, 1.82) is 0 Å². The summed E-state index contributed by atoms with van der Waals surface area (Å²) in [5.74, 6) is 0.153. The standard InChI is InChI=1S/C11H19N3OS/c1-8(11-9(2)13-7-16-11)12-6-5-10(15)14(3)4/h7-8,12H,5-6H2,1-4H3. The maximum Gasteiger partial charge on any atom is 0.223 e. The van der Waals surface area contributed by atoms with Crippen LogP contribution in [0.5, 0.6) is 0 Å². The molecule has 90 valence electrons. The predicted molar refractivity (Wildman–Crippen MR) is 66.6 cm³/mol. The van der Waals surface area contributed by atoms with E-state index in [1.807, 2.05) is 12.4 Å². The Balaban J connectivity index is 2.34. The van der Waals surface area contributed by atoms with Crippen LogP contribution >= 0.6 is 11.3 Å². The molecule has 1 unspecified atom stereocenters. The summed E-state index contributed by atoms with van der Waals surface area (Å²) in [4.78, 5) is 18.4. The van der Waals surface area contributed by atoms with Crippen LogP contribution in [0.1, 0.15) is 30.0 Å². The Labute approximate surface area is 101 Å². The van der Waals surface area contributed by atoms with Crippen LogP contribution in [0.15, 0.2) is 5.51 Å². The second-order valence-corrected chi connectivity index (χ2v) is 4.90. The number of aryl methyl sites for hydroxylation is 1. The van der Waals surface area contributed by atoms with E-state index in [-0.39, 0.29) is 11.9 Å².